The fraction of sp³-hybridized carbons (Fsp3) is 0.529. The van der Waals surface area contributed by atoms with E-state index in [1.165, 1.54) is 10.5 Å². The van der Waals surface area contributed by atoms with Crippen molar-refractivity contribution in [3.8, 4) is 0 Å². The standard InChI is InChI=1S/C17H23N3O2S/c1-12-4-2-3-5-15(12)23-13-6-8-20(9-7-13)17(22)14-10-18-11-16(21)19-14/h2-5,13-14,18H,6-11H2,1H3,(H,19,21)/t14-/m1/s1. The Morgan fingerprint density at radius 2 is 2.00 bits per heavy atom. The van der Waals surface area contributed by atoms with Gasteiger partial charge >= 0.3 is 0 Å². The summed E-state index contributed by atoms with van der Waals surface area (Å²) >= 11 is 1.92. The van der Waals surface area contributed by atoms with Gasteiger partial charge in [0.2, 0.25) is 11.8 Å². The molecule has 2 N–H and O–H groups in total. The molecular formula is C17H23N3O2S. The van der Waals surface area contributed by atoms with Gasteiger partial charge in [-0.2, -0.15) is 0 Å². The van der Waals surface area contributed by atoms with Crippen molar-refractivity contribution in [2.24, 2.45) is 0 Å². The van der Waals surface area contributed by atoms with Crippen LogP contribution in [0.3, 0.4) is 0 Å². The Hall–Kier alpha value is -1.53. The molecule has 0 aliphatic carbocycles. The largest absolute Gasteiger partial charge is 0.342 e. The molecule has 0 aromatic heterocycles. The molecule has 3 rings (SSSR count). The van der Waals surface area contributed by atoms with Crippen LogP contribution in [0.2, 0.25) is 0 Å². The lowest BCUT2D eigenvalue weighted by molar-refractivity contribution is -0.138. The van der Waals surface area contributed by atoms with Crippen LogP contribution in [0.4, 0.5) is 0 Å². The third kappa shape index (κ3) is 4.06. The summed E-state index contributed by atoms with van der Waals surface area (Å²) in [5.41, 5.74) is 1.31. The zero-order chi connectivity index (χ0) is 16.2. The Labute approximate surface area is 141 Å². The highest BCUT2D eigenvalue weighted by atomic mass is 32.2. The quantitative estimate of drug-likeness (QED) is 0.872. The maximum Gasteiger partial charge on any atom is 0.246 e. The maximum atomic E-state index is 12.5. The first kappa shape index (κ1) is 16.3. The van der Waals surface area contributed by atoms with E-state index in [0.29, 0.717) is 18.3 Å². The average molecular weight is 333 g/mol. The number of hydrogen-bond donors (Lipinski definition) is 2. The van der Waals surface area contributed by atoms with Crippen LogP contribution in [0, 0.1) is 6.92 Å². The summed E-state index contributed by atoms with van der Waals surface area (Å²) in [5.74, 6) is -0.0514. The minimum absolute atomic E-state index is 0.0462. The lowest BCUT2D eigenvalue weighted by Crippen LogP contribution is -2.59. The molecule has 2 saturated heterocycles. The zero-order valence-corrected chi connectivity index (χ0v) is 14.2. The molecule has 0 bridgehead atoms. The van der Waals surface area contributed by atoms with Crippen LogP contribution in [-0.2, 0) is 9.59 Å². The van der Waals surface area contributed by atoms with Gasteiger partial charge in [0.25, 0.3) is 0 Å². The highest BCUT2D eigenvalue weighted by Crippen LogP contribution is 2.32. The Morgan fingerprint density at radius 3 is 2.70 bits per heavy atom. The van der Waals surface area contributed by atoms with E-state index < -0.39 is 6.04 Å². The fourth-order valence-corrected chi connectivity index (χ4v) is 4.27. The second kappa shape index (κ2) is 7.36. The van der Waals surface area contributed by atoms with Crippen molar-refractivity contribution >= 4 is 23.6 Å². The average Bonchev–Trinajstić information content (AvgIpc) is 2.57. The topological polar surface area (TPSA) is 61.4 Å². The van der Waals surface area contributed by atoms with Crippen molar-refractivity contribution in [3.05, 3.63) is 29.8 Å². The monoisotopic (exact) mass is 333 g/mol. The Balaban J connectivity index is 1.51. The van der Waals surface area contributed by atoms with Crippen LogP contribution >= 0.6 is 11.8 Å². The number of carbonyl (C=O) groups excluding carboxylic acids is 2. The number of aryl methyl sites for hydroxylation is 1. The fourth-order valence-electron chi connectivity index (χ4n) is 3.06. The number of piperidine rings is 1. The van der Waals surface area contributed by atoms with Crippen molar-refractivity contribution in [2.75, 3.05) is 26.2 Å². The molecule has 6 heteroatoms. The molecule has 2 fully saturated rings. The molecular weight excluding hydrogens is 310 g/mol. The van der Waals surface area contributed by atoms with Crippen LogP contribution in [-0.4, -0.2) is 54.2 Å². The third-order valence-electron chi connectivity index (χ3n) is 4.41. The second-order valence-electron chi connectivity index (χ2n) is 6.16. The maximum absolute atomic E-state index is 12.5. The summed E-state index contributed by atoms with van der Waals surface area (Å²) in [6.07, 6.45) is 2.00. The van der Waals surface area contributed by atoms with E-state index >= 15 is 0 Å². The highest BCUT2D eigenvalue weighted by Gasteiger charge is 2.31. The van der Waals surface area contributed by atoms with E-state index in [-0.39, 0.29) is 11.8 Å². The Bertz CT molecular complexity index is 585. The number of nitrogens with zero attached hydrogens (tertiary/aromatic N) is 1. The van der Waals surface area contributed by atoms with E-state index in [2.05, 4.69) is 41.8 Å². The SMILES string of the molecule is Cc1ccccc1SC1CCN(C(=O)[C@H]2CNCC(=O)N2)CC1. The molecule has 5 nitrogen and oxygen atoms in total. The van der Waals surface area contributed by atoms with E-state index in [0.717, 1.165) is 25.9 Å². The number of rotatable bonds is 3. The predicted octanol–water partition coefficient (Wildman–Crippen LogP) is 1.17. The van der Waals surface area contributed by atoms with Crippen molar-refractivity contribution in [2.45, 2.75) is 36.0 Å². The van der Waals surface area contributed by atoms with Gasteiger partial charge in [-0.05, 0) is 31.4 Å². The number of nitrogens with one attached hydrogen (secondary N) is 2. The molecule has 1 aromatic carbocycles. The smallest absolute Gasteiger partial charge is 0.246 e. The summed E-state index contributed by atoms with van der Waals surface area (Å²) in [5, 5.41) is 6.32. The minimum atomic E-state index is -0.406. The van der Waals surface area contributed by atoms with Crippen molar-refractivity contribution in [1.29, 1.82) is 0 Å². The zero-order valence-electron chi connectivity index (χ0n) is 13.4. The van der Waals surface area contributed by atoms with E-state index in [9.17, 15) is 9.59 Å². The minimum Gasteiger partial charge on any atom is -0.342 e. The molecule has 1 aromatic rings. The molecule has 2 heterocycles. The summed E-state index contributed by atoms with van der Waals surface area (Å²) < 4.78 is 0. The highest BCUT2D eigenvalue weighted by molar-refractivity contribution is 8.00. The van der Waals surface area contributed by atoms with Crippen LogP contribution in [0.25, 0.3) is 0 Å². The molecule has 1 atom stereocenters. The number of amides is 2. The number of carbonyl (C=O) groups is 2. The molecule has 23 heavy (non-hydrogen) atoms. The summed E-state index contributed by atoms with van der Waals surface area (Å²) in [6.45, 7) is 4.52. The van der Waals surface area contributed by atoms with Crippen LogP contribution in [0.15, 0.2) is 29.2 Å². The lowest BCUT2D eigenvalue weighted by atomic mass is 10.1. The molecule has 0 spiro atoms. The molecule has 0 radical (unpaired) electrons. The predicted molar refractivity (Wildman–Crippen MR) is 91.4 cm³/mol. The number of benzene rings is 1. The molecule has 2 amide bonds. The first-order valence-electron chi connectivity index (χ1n) is 8.14. The Morgan fingerprint density at radius 1 is 1.26 bits per heavy atom. The lowest BCUT2D eigenvalue weighted by Gasteiger charge is -2.35. The van der Waals surface area contributed by atoms with Gasteiger partial charge in [-0.15, -0.1) is 11.8 Å². The van der Waals surface area contributed by atoms with Gasteiger partial charge in [-0.25, -0.2) is 0 Å². The van der Waals surface area contributed by atoms with Crippen LogP contribution in [0.5, 0.6) is 0 Å². The molecule has 0 unspecified atom stereocenters. The molecule has 2 aliphatic rings. The van der Waals surface area contributed by atoms with Gasteiger partial charge in [-0.1, -0.05) is 18.2 Å². The van der Waals surface area contributed by atoms with Gasteiger partial charge in [-0.3, -0.25) is 9.59 Å². The summed E-state index contributed by atoms with van der Waals surface area (Å²) in [6, 6.07) is 8.04. The summed E-state index contributed by atoms with van der Waals surface area (Å²) in [7, 11) is 0. The second-order valence-corrected chi connectivity index (χ2v) is 7.50. The van der Waals surface area contributed by atoms with Crippen LogP contribution < -0.4 is 10.6 Å². The molecule has 2 aliphatic heterocycles. The van der Waals surface area contributed by atoms with Crippen molar-refractivity contribution in [3.63, 3.8) is 0 Å². The van der Waals surface area contributed by atoms with E-state index in [1.54, 1.807) is 0 Å². The van der Waals surface area contributed by atoms with Crippen molar-refractivity contribution < 1.29 is 9.59 Å². The first-order chi connectivity index (χ1) is 11.1. The number of thioether (sulfide) groups is 1. The Kier molecular flexibility index (Phi) is 5.23. The van der Waals surface area contributed by atoms with E-state index in [1.807, 2.05) is 16.7 Å². The van der Waals surface area contributed by atoms with Gasteiger partial charge in [0.05, 0.1) is 6.54 Å². The van der Waals surface area contributed by atoms with Gasteiger partial charge in [0.15, 0.2) is 0 Å². The normalized spacial score (nSPS) is 22.7. The third-order valence-corrected chi connectivity index (χ3v) is 5.92. The van der Waals surface area contributed by atoms with Gasteiger partial charge in [0.1, 0.15) is 6.04 Å². The summed E-state index contributed by atoms with van der Waals surface area (Å²) in [4.78, 5) is 27.1. The number of piperazine rings is 1. The van der Waals surface area contributed by atoms with Crippen LogP contribution in [0.1, 0.15) is 18.4 Å². The van der Waals surface area contributed by atoms with Gasteiger partial charge < -0.3 is 15.5 Å². The van der Waals surface area contributed by atoms with Crippen molar-refractivity contribution in [1.82, 2.24) is 15.5 Å². The first-order valence-corrected chi connectivity index (χ1v) is 9.02. The van der Waals surface area contributed by atoms with Gasteiger partial charge in [0, 0.05) is 29.8 Å². The number of likely N-dealkylation sites (tertiary alicyclic amines) is 1. The number of hydrogen-bond acceptors (Lipinski definition) is 4. The molecule has 0 saturated carbocycles. The van der Waals surface area contributed by atoms with E-state index in [4.69, 9.17) is 0 Å². The molecule has 124 valence electrons.